The number of hydrogen-bond acceptors (Lipinski definition) is 5. The number of nitrogens with zero attached hydrogens (tertiary/aromatic N) is 5. The van der Waals surface area contributed by atoms with Gasteiger partial charge in [0.25, 0.3) is 5.91 Å². The van der Waals surface area contributed by atoms with E-state index in [4.69, 9.17) is 4.74 Å². The highest BCUT2D eigenvalue weighted by Gasteiger charge is 2.08. The van der Waals surface area contributed by atoms with E-state index >= 15 is 0 Å². The van der Waals surface area contributed by atoms with Crippen molar-refractivity contribution in [2.75, 3.05) is 33.9 Å². The van der Waals surface area contributed by atoms with Crippen LogP contribution >= 0.6 is 24.0 Å². The molecule has 0 aliphatic heterocycles. The van der Waals surface area contributed by atoms with Gasteiger partial charge in [0.15, 0.2) is 11.8 Å². The number of guanidine groups is 1. The fraction of sp³-hybridized carbons (Fsp3) is 0.524. The highest BCUT2D eigenvalue weighted by molar-refractivity contribution is 14.0. The van der Waals surface area contributed by atoms with Gasteiger partial charge in [-0.05, 0) is 38.0 Å². The molecule has 0 spiro atoms. The minimum absolute atomic E-state index is 0. The molecule has 1 heterocycles. The number of carbonyl (C=O) groups is 1. The lowest BCUT2D eigenvalue weighted by Crippen LogP contribution is -2.38. The van der Waals surface area contributed by atoms with E-state index in [2.05, 4.69) is 25.8 Å². The van der Waals surface area contributed by atoms with Crippen molar-refractivity contribution in [3.63, 3.8) is 0 Å². The number of nitrogens with one attached hydrogen (secondary N) is 2. The third kappa shape index (κ3) is 8.82. The largest absolute Gasteiger partial charge is 0.382 e. The fourth-order valence-corrected chi connectivity index (χ4v) is 2.65. The highest BCUT2D eigenvalue weighted by Crippen LogP contribution is 2.07. The second-order valence-electron chi connectivity index (χ2n) is 7.11. The number of amides is 1. The van der Waals surface area contributed by atoms with Gasteiger partial charge in [-0.2, -0.15) is 0 Å². The fourth-order valence-electron chi connectivity index (χ4n) is 2.65. The summed E-state index contributed by atoms with van der Waals surface area (Å²) < 4.78 is 7.33. The first kappa shape index (κ1) is 26.8. The van der Waals surface area contributed by atoms with Crippen LogP contribution in [-0.2, 0) is 24.9 Å². The number of aryl methyl sites for hydroxylation is 1. The second kappa shape index (κ2) is 14.0. The van der Waals surface area contributed by atoms with Crippen molar-refractivity contribution >= 4 is 35.8 Å². The first-order chi connectivity index (χ1) is 14.4. The monoisotopic (exact) mass is 543 g/mol. The molecule has 1 amide bonds. The molecule has 0 unspecified atom stereocenters. The highest BCUT2D eigenvalue weighted by atomic mass is 127. The molecule has 10 heteroatoms. The molecule has 1 aromatic carbocycles. The van der Waals surface area contributed by atoms with Gasteiger partial charge >= 0.3 is 0 Å². The maximum atomic E-state index is 12.0. The molecule has 0 fully saturated rings. The summed E-state index contributed by atoms with van der Waals surface area (Å²) in [6.07, 6.45) is 0.888. The summed E-state index contributed by atoms with van der Waals surface area (Å²) in [5.41, 5.74) is 1.69. The predicted molar refractivity (Wildman–Crippen MR) is 133 cm³/mol. The van der Waals surface area contributed by atoms with Crippen molar-refractivity contribution in [1.29, 1.82) is 0 Å². The average Bonchev–Trinajstić information content (AvgIpc) is 3.06. The molecule has 0 aliphatic rings. The van der Waals surface area contributed by atoms with Gasteiger partial charge in [-0.3, -0.25) is 4.79 Å². The van der Waals surface area contributed by atoms with E-state index in [1.54, 1.807) is 19.0 Å². The van der Waals surface area contributed by atoms with Gasteiger partial charge in [-0.25, -0.2) is 4.99 Å². The van der Waals surface area contributed by atoms with Crippen molar-refractivity contribution in [2.45, 2.75) is 33.4 Å². The van der Waals surface area contributed by atoms with Crippen molar-refractivity contribution in [1.82, 2.24) is 30.3 Å². The quantitative estimate of drug-likeness (QED) is 0.206. The molecule has 0 saturated carbocycles. The standard InChI is InChI=1S/C21H33N7O2.HI/c1-6-30-13-7-12-22-21(24-15-19-26-25-16(2)28(19)5)23-14-17-8-10-18(11-9-17)20(29)27(3)4;/h8-11H,6-7,12-15H2,1-5H3,(H2,22,23,24);1H. The average molecular weight is 543 g/mol. The zero-order chi connectivity index (χ0) is 21.9. The van der Waals surface area contributed by atoms with Crippen LogP contribution in [0.4, 0.5) is 0 Å². The van der Waals surface area contributed by atoms with E-state index in [0.29, 0.717) is 31.2 Å². The Bertz CT molecular complexity index is 835. The molecule has 2 N–H and O–H groups in total. The van der Waals surface area contributed by atoms with Gasteiger partial charge in [0.2, 0.25) is 0 Å². The lowest BCUT2D eigenvalue weighted by molar-refractivity contribution is 0.0827. The predicted octanol–water partition coefficient (Wildman–Crippen LogP) is 2.11. The molecule has 0 saturated heterocycles. The minimum Gasteiger partial charge on any atom is -0.382 e. The molecule has 2 rings (SSSR count). The van der Waals surface area contributed by atoms with Gasteiger partial charge in [0, 0.05) is 46.5 Å². The molecule has 0 aliphatic carbocycles. The summed E-state index contributed by atoms with van der Waals surface area (Å²) in [6.45, 7) is 7.10. The van der Waals surface area contributed by atoms with Crippen molar-refractivity contribution < 1.29 is 9.53 Å². The Balaban J connectivity index is 0.00000480. The Morgan fingerprint density at radius 3 is 2.48 bits per heavy atom. The number of benzene rings is 1. The molecular formula is C21H34IN7O2. The van der Waals surface area contributed by atoms with Crippen LogP contribution in [0, 0.1) is 6.92 Å². The van der Waals surface area contributed by atoms with Crippen molar-refractivity contribution in [3.8, 4) is 0 Å². The van der Waals surface area contributed by atoms with Crippen molar-refractivity contribution in [2.24, 2.45) is 12.0 Å². The van der Waals surface area contributed by atoms with Crippen molar-refractivity contribution in [3.05, 3.63) is 47.0 Å². The third-order valence-corrected chi connectivity index (χ3v) is 4.59. The van der Waals surface area contributed by atoms with E-state index in [1.807, 2.05) is 49.7 Å². The van der Waals surface area contributed by atoms with Crippen LogP contribution in [0.5, 0.6) is 0 Å². The summed E-state index contributed by atoms with van der Waals surface area (Å²) in [5, 5.41) is 14.9. The second-order valence-corrected chi connectivity index (χ2v) is 7.11. The molecule has 1 aromatic heterocycles. The summed E-state index contributed by atoms with van der Waals surface area (Å²) in [5.74, 6) is 2.38. The normalized spacial score (nSPS) is 11.1. The molecule has 31 heavy (non-hydrogen) atoms. The number of aromatic nitrogens is 3. The Hall–Kier alpha value is -2.21. The number of rotatable bonds is 10. The zero-order valence-electron chi connectivity index (χ0n) is 19.0. The van der Waals surface area contributed by atoms with Gasteiger partial charge in [-0.1, -0.05) is 12.1 Å². The molecule has 172 valence electrons. The summed E-state index contributed by atoms with van der Waals surface area (Å²) in [6, 6.07) is 7.52. The van der Waals surface area contributed by atoms with E-state index in [-0.39, 0.29) is 29.9 Å². The van der Waals surface area contributed by atoms with Crippen LogP contribution in [0.1, 0.15) is 40.9 Å². The number of hydrogen-bond donors (Lipinski definition) is 2. The number of ether oxygens (including phenoxy) is 1. The number of halogens is 1. The summed E-state index contributed by atoms with van der Waals surface area (Å²) in [7, 11) is 5.43. The van der Waals surface area contributed by atoms with E-state index in [9.17, 15) is 4.79 Å². The lowest BCUT2D eigenvalue weighted by atomic mass is 10.1. The van der Waals surface area contributed by atoms with E-state index < -0.39 is 0 Å². The van der Waals surface area contributed by atoms with Crippen LogP contribution < -0.4 is 10.6 Å². The SMILES string of the molecule is CCOCCCNC(=NCc1ccc(C(=O)N(C)C)cc1)NCc1nnc(C)n1C.I. The first-order valence-corrected chi connectivity index (χ1v) is 10.2. The maximum Gasteiger partial charge on any atom is 0.253 e. The molecular weight excluding hydrogens is 509 g/mol. The minimum atomic E-state index is -0.0117. The van der Waals surface area contributed by atoms with Gasteiger partial charge < -0.3 is 24.8 Å². The summed E-state index contributed by atoms with van der Waals surface area (Å²) >= 11 is 0. The zero-order valence-corrected chi connectivity index (χ0v) is 21.3. The Morgan fingerprint density at radius 1 is 1.19 bits per heavy atom. The molecule has 9 nitrogen and oxygen atoms in total. The van der Waals surface area contributed by atoms with Gasteiger partial charge in [-0.15, -0.1) is 34.2 Å². The van der Waals surface area contributed by atoms with Gasteiger partial charge in [0.05, 0.1) is 13.1 Å². The van der Waals surface area contributed by atoms with E-state index in [0.717, 1.165) is 36.8 Å². The number of carbonyl (C=O) groups excluding carboxylic acids is 1. The Labute approximate surface area is 201 Å². The Kier molecular flexibility index (Phi) is 12.1. The number of aliphatic imine (C=N–C) groups is 1. The third-order valence-electron chi connectivity index (χ3n) is 4.59. The Morgan fingerprint density at radius 2 is 1.90 bits per heavy atom. The van der Waals surface area contributed by atoms with E-state index in [1.165, 1.54) is 0 Å². The lowest BCUT2D eigenvalue weighted by Gasteiger charge is -2.13. The van der Waals surface area contributed by atoms with Gasteiger partial charge in [0.1, 0.15) is 5.82 Å². The molecule has 2 aromatic rings. The summed E-state index contributed by atoms with van der Waals surface area (Å²) in [4.78, 5) is 18.3. The van der Waals surface area contributed by atoms with Crippen LogP contribution in [0.3, 0.4) is 0 Å². The molecule has 0 radical (unpaired) electrons. The van der Waals surface area contributed by atoms with Crippen LogP contribution in [0.15, 0.2) is 29.3 Å². The van der Waals surface area contributed by atoms with Crippen LogP contribution in [0.2, 0.25) is 0 Å². The topological polar surface area (TPSA) is 96.7 Å². The molecule has 0 bridgehead atoms. The van der Waals surface area contributed by atoms with Crippen LogP contribution in [-0.4, -0.2) is 65.4 Å². The van der Waals surface area contributed by atoms with Crippen LogP contribution in [0.25, 0.3) is 0 Å². The first-order valence-electron chi connectivity index (χ1n) is 10.2. The molecule has 0 atom stereocenters. The smallest absolute Gasteiger partial charge is 0.253 e. The maximum absolute atomic E-state index is 12.0.